The lowest BCUT2D eigenvalue weighted by molar-refractivity contribution is -0.148. The van der Waals surface area contributed by atoms with E-state index >= 15 is 0 Å². The molecule has 2 heterocycles. The second-order valence-electron chi connectivity index (χ2n) is 14.2. The quantitative estimate of drug-likeness (QED) is 0.433. The molecule has 11 atom stereocenters. The fraction of sp³-hybridized carbons (Fsp3) is 0.900. The number of likely N-dealkylation sites (tertiary alicyclic amines) is 1. The zero-order valence-corrected chi connectivity index (χ0v) is 22.5. The van der Waals surface area contributed by atoms with E-state index in [1.54, 1.807) is 0 Å². The van der Waals surface area contributed by atoms with Gasteiger partial charge in [-0.05, 0) is 91.9 Å². The van der Waals surface area contributed by atoms with Crippen LogP contribution < -0.4 is 0 Å². The second kappa shape index (κ2) is 7.13. The summed E-state index contributed by atoms with van der Waals surface area (Å²) in [5.41, 5.74) is 2.60. The fourth-order valence-electron chi connectivity index (χ4n) is 11.7. The van der Waals surface area contributed by atoms with E-state index in [1.807, 2.05) is 0 Å². The lowest BCUT2D eigenvalue weighted by atomic mass is 9.56. The van der Waals surface area contributed by atoms with Gasteiger partial charge in [-0.1, -0.05) is 33.3 Å². The highest BCUT2D eigenvalue weighted by molar-refractivity contribution is 6.18. The summed E-state index contributed by atoms with van der Waals surface area (Å²) >= 11 is 6.27. The third-order valence-corrected chi connectivity index (χ3v) is 13.4. The van der Waals surface area contributed by atoms with Gasteiger partial charge in [0.2, 0.25) is 0 Å². The summed E-state index contributed by atoms with van der Waals surface area (Å²) in [5, 5.41) is 0. The molecule has 0 radical (unpaired) electrons. The van der Waals surface area contributed by atoms with Gasteiger partial charge in [0.15, 0.2) is 5.78 Å². The third kappa shape index (κ3) is 2.56. The minimum Gasteiger partial charge on any atom is -0.369 e. The monoisotopic (exact) mass is 485 g/mol. The summed E-state index contributed by atoms with van der Waals surface area (Å²) < 4.78 is 7.37. The van der Waals surface area contributed by atoms with E-state index in [0.717, 1.165) is 43.0 Å². The van der Waals surface area contributed by atoms with Crippen LogP contribution in [-0.4, -0.2) is 47.4 Å². The summed E-state index contributed by atoms with van der Waals surface area (Å²) in [6.45, 7) is 12.3. The van der Waals surface area contributed by atoms with Crippen LogP contribution in [0.25, 0.3) is 0 Å². The molecule has 3 unspecified atom stereocenters. The molecular formula is C30H44ClNO2. The summed E-state index contributed by atoms with van der Waals surface area (Å²) in [7, 11) is 0. The fourth-order valence-corrected chi connectivity index (χ4v) is 12.0. The molecule has 4 heteroatoms. The van der Waals surface area contributed by atoms with E-state index < -0.39 is 0 Å². The van der Waals surface area contributed by atoms with Crippen LogP contribution in [0.4, 0.5) is 0 Å². The van der Waals surface area contributed by atoms with Crippen LogP contribution in [0.3, 0.4) is 0 Å². The molecule has 2 aliphatic heterocycles. The average molecular weight is 486 g/mol. The molecule has 34 heavy (non-hydrogen) atoms. The molecule has 2 spiro atoms. The predicted octanol–water partition coefficient (Wildman–Crippen LogP) is 6.24. The van der Waals surface area contributed by atoms with Crippen LogP contribution in [-0.2, 0) is 9.53 Å². The standard InChI is InChI=1S/C30H44ClNO2/c1-18-13-25-26(32(16-18)12-11-31)19(2)30(34-25)10-8-23-22-6-5-20-14-21(33)7-9-27(20,3)24(22)15-29(23)17-28(29,30)4/h14,18-19,22-26H,5-13,15-17H2,1-4H3/t18-,19+,22-,23-,24-,25+,26-,27-,28?,29?,30?/m0/s1. The lowest BCUT2D eigenvalue weighted by Gasteiger charge is -2.50. The van der Waals surface area contributed by atoms with Gasteiger partial charge in [0.05, 0.1) is 11.7 Å². The number of carbonyl (C=O) groups excluding carboxylic acids is 1. The van der Waals surface area contributed by atoms with Crippen LogP contribution in [0.2, 0.25) is 0 Å². The highest BCUT2D eigenvalue weighted by Gasteiger charge is 2.84. The molecular weight excluding hydrogens is 442 g/mol. The van der Waals surface area contributed by atoms with Crippen molar-refractivity contribution < 1.29 is 9.53 Å². The van der Waals surface area contributed by atoms with Crippen molar-refractivity contribution in [3.05, 3.63) is 11.6 Å². The molecule has 0 aromatic rings. The first-order valence-corrected chi connectivity index (χ1v) is 14.9. The van der Waals surface area contributed by atoms with E-state index in [1.165, 1.54) is 57.1 Å². The topological polar surface area (TPSA) is 29.5 Å². The Balaban J connectivity index is 1.23. The molecule has 7 rings (SSSR count). The molecule has 188 valence electrons. The molecule has 7 aliphatic rings. The summed E-state index contributed by atoms with van der Waals surface area (Å²) in [5.74, 6) is 4.88. The number of alkyl halides is 1. The number of piperidine rings is 1. The molecule has 0 aromatic heterocycles. The first-order valence-electron chi connectivity index (χ1n) is 14.4. The third-order valence-electron chi connectivity index (χ3n) is 13.2. The molecule has 4 saturated carbocycles. The van der Waals surface area contributed by atoms with Crippen molar-refractivity contribution >= 4 is 17.4 Å². The van der Waals surface area contributed by atoms with Gasteiger partial charge in [0.1, 0.15) is 0 Å². The summed E-state index contributed by atoms with van der Waals surface area (Å²) in [6, 6.07) is 0.543. The summed E-state index contributed by atoms with van der Waals surface area (Å²) in [6.07, 6.45) is 13.4. The number of allylic oxidation sites excluding steroid dienone is 2. The number of ether oxygens (including phenoxy) is 1. The van der Waals surface area contributed by atoms with E-state index in [4.69, 9.17) is 16.3 Å². The molecule has 0 bridgehead atoms. The van der Waals surface area contributed by atoms with Gasteiger partial charge in [-0.25, -0.2) is 0 Å². The number of halogens is 1. The Kier molecular flexibility index (Phi) is 4.78. The average Bonchev–Trinajstić information content (AvgIpc) is 3.13. The van der Waals surface area contributed by atoms with Gasteiger partial charge in [-0.15, -0.1) is 11.6 Å². The Bertz CT molecular complexity index is 948. The van der Waals surface area contributed by atoms with Crippen LogP contribution >= 0.6 is 11.6 Å². The van der Waals surface area contributed by atoms with Gasteiger partial charge in [-0.2, -0.15) is 0 Å². The Labute approximate surface area is 211 Å². The minimum absolute atomic E-state index is 0.0447. The van der Waals surface area contributed by atoms with Crippen molar-refractivity contribution in [3.63, 3.8) is 0 Å². The van der Waals surface area contributed by atoms with E-state index in [9.17, 15) is 4.79 Å². The minimum atomic E-state index is 0.0447. The van der Waals surface area contributed by atoms with Crippen molar-refractivity contribution in [3.8, 4) is 0 Å². The van der Waals surface area contributed by atoms with Gasteiger partial charge in [0, 0.05) is 42.8 Å². The molecule has 0 N–H and O–H groups in total. The lowest BCUT2D eigenvalue weighted by Crippen LogP contribution is -2.54. The predicted molar refractivity (Wildman–Crippen MR) is 136 cm³/mol. The van der Waals surface area contributed by atoms with Gasteiger partial charge in [0.25, 0.3) is 0 Å². The van der Waals surface area contributed by atoms with E-state index in [2.05, 4.69) is 38.7 Å². The van der Waals surface area contributed by atoms with Crippen molar-refractivity contribution in [2.45, 2.75) is 103 Å². The number of hydrogen-bond donors (Lipinski definition) is 0. The zero-order chi connectivity index (χ0) is 23.7. The Morgan fingerprint density at radius 1 is 1.15 bits per heavy atom. The van der Waals surface area contributed by atoms with Crippen molar-refractivity contribution in [1.29, 1.82) is 0 Å². The number of fused-ring (bicyclic) bond motifs is 6. The highest BCUT2D eigenvalue weighted by Crippen LogP contribution is 2.87. The van der Waals surface area contributed by atoms with E-state index in [0.29, 0.717) is 40.6 Å². The SMILES string of the molecule is C[C@H]1C[C@H]2OC3(CC[C@H]4[C@@H]5CCC6=CC(=O)CC[C@]6(C)[C@H]5CC45CC53C)[C@H](C)[C@@H]2N(CCCl)C1. The number of ketones is 1. The molecule has 6 fully saturated rings. The molecule has 5 aliphatic carbocycles. The highest BCUT2D eigenvalue weighted by atomic mass is 35.5. The summed E-state index contributed by atoms with van der Waals surface area (Å²) in [4.78, 5) is 14.9. The first kappa shape index (κ1) is 22.8. The van der Waals surface area contributed by atoms with Crippen molar-refractivity contribution in [1.82, 2.24) is 4.90 Å². The molecule has 0 amide bonds. The van der Waals surface area contributed by atoms with Crippen molar-refractivity contribution in [2.24, 2.45) is 45.8 Å². The number of nitrogens with zero attached hydrogens (tertiary/aromatic N) is 1. The Morgan fingerprint density at radius 3 is 2.76 bits per heavy atom. The van der Waals surface area contributed by atoms with Gasteiger partial charge in [-0.3, -0.25) is 9.69 Å². The van der Waals surface area contributed by atoms with Crippen molar-refractivity contribution in [2.75, 3.05) is 19.0 Å². The Morgan fingerprint density at radius 2 is 1.97 bits per heavy atom. The largest absolute Gasteiger partial charge is 0.369 e. The molecule has 3 nitrogen and oxygen atoms in total. The van der Waals surface area contributed by atoms with Crippen LogP contribution in [0, 0.1) is 45.8 Å². The molecule has 0 aromatic carbocycles. The number of carbonyl (C=O) groups is 1. The van der Waals surface area contributed by atoms with Gasteiger partial charge < -0.3 is 4.74 Å². The number of hydrogen-bond acceptors (Lipinski definition) is 3. The second-order valence-corrected chi connectivity index (χ2v) is 14.6. The first-order chi connectivity index (χ1) is 16.2. The normalized spacial score (nSPS) is 58.0. The maximum Gasteiger partial charge on any atom is 0.155 e. The van der Waals surface area contributed by atoms with Gasteiger partial charge >= 0.3 is 0 Å². The maximum absolute atomic E-state index is 12.2. The Hall–Kier alpha value is -0.380. The van der Waals surface area contributed by atoms with Crippen LogP contribution in [0.1, 0.15) is 85.5 Å². The zero-order valence-electron chi connectivity index (χ0n) is 21.7. The smallest absolute Gasteiger partial charge is 0.155 e. The molecule has 2 saturated heterocycles. The van der Waals surface area contributed by atoms with Crippen LogP contribution in [0.15, 0.2) is 11.6 Å². The maximum atomic E-state index is 12.2. The number of rotatable bonds is 2. The van der Waals surface area contributed by atoms with E-state index in [-0.39, 0.29) is 11.0 Å². The van der Waals surface area contributed by atoms with Crippen LogP contribution in [0.5, 0.6) is 0 Å².